The van der Waals surface area contributed by atoms with Gasteiger partial charge < -0.3 is 10.2 Å². The first-order chi connectivity index (χ1) is 13.2. The Hall–Kier alpha value is -3.65. The first-order valence-electron chi connectivity index (χ1n) is 8.80. The molecule has 1 aromatic heterocycles. The van der Waals surface area contributed by atoms with Crippen molar-refractivity contribution in [1.82, 2.24) is 4.98 Å². The highest BCUT2D eigenvalue weighted by Gasteiger charge is 2.31. The summed E-state index contributed by atoms with van der Waals surface area (Å²) in [5.41, 5.74) is 4.77. The highest BCUT2D eigenvalue weighted by molar-refractivity contribution is 6.07. The van der Waals surface area contributed by atoms with Crippen LogP contribution in [0.2, 0.25) is 0 Å². The van der Waals surface area contributed by atoms with E-state index in [1.165, 1.54) is 5.56 Å². The molecule has 1 unspecified atom stereocenters. The van der Waals surface area contributed by atoms with Crippen LogP contribution in [-0.2, 0) is 6.42 Å². The quantitative estimate of drug-likeness (QED) is 0.762. The molecule has 0 fully saturated rings. The minimum Gasteiger partial charge on any atom is -0.355 e. The Balaban J connectivity index is 1.59. The molecular formula is C22H18N4O. The zero-order valence-corrected chi connectivity index (χ0v) is 14.9. The first-order valence-corrected chi connectivity index (χ1v) is 8.80. The molecule has 0 saturated carbocycles. The molecule has 4 rings (SSSR count). The third-order valence-electron chi connectivity index (χ3n) is 4.71. The van der Waals surface area contributed by atoms with Crippen LogP contribution in [0.1, 0.15) is 28.5 Å². The monoisotopic (exact) mass is 354 g/mol. The van der Waals surface area contributed by atoms with Gasteiger partial charge in [0, 0.05) is 29.3 Å². The SMILES string of the molecule is CC1Cc2ccccc2N1C(=O)c1cc(Nc2ccc(C#N)cc2)ccn1. The number of nitrogens with zero attached hydrogens (tertiary/aromatic N) is 3. The maximum absolute atomic E-state index is 13.1. The molecule has 1 N–H and O–H groups in total. The third-order valence-corrected chi connectivity index (χ3v) is 4.71. The van der Waals surface area contributed by atoms with Crippen LogP contribution in [0.4, 0.5) is 17.1 Å². The topological polar surface area (TPSA) is 69.0 Å². The fourth-order valence-electron chi connectivity index (χ4n) is 3.42. The van der Waals surface area contributed by atoms with Crippen molar-refractivity contribution in [2.24, 2.45) is 0 Å². The van der Waals surface area contributed by atoms with Gasteiger partial charge in [0.2, 0.25) is 0 Å². The van der Waals surface area contributed by atoms with Gasteiger partial charge in [-0.25, -0.2) is 0 Å². The van der Waals surface area contributed by atoms with Gasteiger partial charge in [0.05, 0.1) is 11.6 Å². The first kappa shape index (κ1) is 16.8. The van der Waals surface area contributed by atoms with Crippen molar-refractivity contribution < 1.29 is 4.79 Å². The number of nitrogens with one attached hydrogen (secondary N) is 1. The number of aromatic nitrogens is 1. The summed E-state index contributed by atoms with van der Waals surface area (Å²) < 4.78 is 0. The molecule has 132 valence electrons. The average molecular weight is 354 g/mol. The van der Waals surface area contributed by atoms with Gasteiger partial charge >= 0.3 is 0 Å². The highest BCUT2D eigenvalue weighted by atomic mass is 16.2. The van der Waals surface area contributed by atoms with E-state index in [0.29, 0.717) is 11.3 Å². The largest absolute Gasteiger partial charge is 0.355 e. The minimum atomic E-state index is -0.101. The molecule has 3 aromatic rings. The van der Waals surface area contributed by atoms with Crippen LogP contribution in [0.3, 0.4) is 0 Å². The van der Waals surface area contributed by atoms with Crippen LogP contribution in [0.25, 0.3) is 0 Å². The van der Waals surface area contributed by atoms with E-state index in [9.17, 15) is 4.79 Å². The van der Waals surface area contributed by atoms with Crippen molar-refractivity contribution in [1.29, 1.82) is 5.26 Å². The summed E-state index contributed by atoms with van der Waals surface area (Å²) >= 11 is 0. The number of benzene rings is 2. The van der Waals surface area contributed by atoms with E-state index in [1.54, 1.807) is 24.4 Å². The zero-order valence-electron chi connectivity index (χ0n) is 14.9. The molecular weight excluding hydrogens is 336 g/mol. The molecule has 1 atom stereocenters. The smallest absolute Gasteiger partial charge is 0.277 e. The van der Waals surface area contributed by atoms with Crippen LogP contribution >= 0.6 is 0 Å². The Labute approximate surface area is 157 Å². The molecule has 0 radical (unpaired) electrons. The van der Waals surface area contributed by atoms with Crippen LogP contribution in [0.15, 0.2) is 66.9 Å². The summed E-state index contributed by atoms with van der Waals surface area (Å²) in [5, 5.41) is 12.1. The van der Waals surface area contributed by atoms with Crippen LogP contribution in [-0.4, -0.2) is 16.9 Å². The number of amides is 1. The Morgan fingerprint density at radius 2 is 1.93 bits per heavy atom. The number of pyridine rings is 1. The van der Waals surface area contributed by atoms with Crippen molar-refractivity contribution in [3.05, 3.63) is 83.7 Å². The van der Waals surface area contributed by atoms with Crippen LogP contribution in [0, 0.1) is 11.3 Å². The van der Waals surface area contributed by atoms with Crippen molar-refractivity contribution in [2.45, 2.75) is 19.4 Å². The molecule has 0 saturated heterocycles. The minimum absolute atomic E-state index is 0.101. The van der Waals surface area contributed by atoms with Crippen LogP contribution < -0.4 is 10.2 Å². The van der Waals surface area contributed by atoms with Gasteiger partial charge in [-0.15, -0.1) is 0 Å². The van der Waals surface area contributed by atoms with E-state index in [2.05, 4.69) is 29.4 Å². The van der Waals surface area contributed by atoms with E-state index in [1.807, 2.05) is 41.3 Å². The lowest BCUT2D eigenvalue weighted by Crippen LogP contribution is -2.36. The van der Waals surface area contributed by atoms with E-state index in [0.717, 1.165) is 23.5 Å². The molecule has 27 heavy (non-hydrogen) atoms. The number of carbonyl (C=O) groups excluding carboxylic acids is 1. The van der Waals surface area contributed by atoms with E-state index >= 15 is 0 Å². The van der Waals surface area contributed by atoms with Gasteiger partial charge in [0.15, 0.2) is 0 Å². The number of hydrogen-bond donors (Lipinski definition) is 1. The molecule has 0 aliphatic carbocycles. The number of para-hydroxylation sites is 1. The van der Waals surface area contributed by atoms with E-state index < -0.39 is 0 Å². The van der Waals surface area contributed by atoms with Crippen molar-refractivity contribution >= 4 is 23.0 Å². The maximum atomic E-state index is 13.1. The average Bonchev–Trinajstić information content (AvgIpc) is 3.04. The summed E-state index contributed by atoms with van der Waals surface area (Å²) in [6.07, 6.45) is 2.48. The van der Waals surface area contributed by atoms with Gasteiger partial charge in [-0.05, 0) is 61.4 Å². The molecule has 5 nitrogen and oxygen atoms in total. The summed E-state index contributed by atoms with van der Waals surface area (Å²) in [4.78, 5) is 19.2. The van der Waals surface area contributed by atoms with Crippen molar-refractivity contribution in [3.8, 4) is 6.07 Å². The number of hydrogen-bond acceptors (Lipinski definition) is 4. The normalized spacial score (nSPS) is 15.1. The van der Waals surface area contributed by atoms with E-state index in [4.69, 9.17) is 5.26 Å². The maximum Gasteiger partial charge on any atom is 0.277 e. The third kappa shape index (κ3) is 3.25. The number of fused-ring (bicyclic) bond motifs is 1. The fraction of sp³-hybridized carbons (Fsp3) is 0.136. The van der Waals surface area contributed by atoms with Crippen molar-refractivity contribution in [2.75, 3.05) is 10.2 Å². The van der Waals surface area contributed by atoms with Gasteiger partial charge in [-0.3, -0.25) is 9.78 Å². The molecule has 0 bridgehead atoms. The Bertz CT molecular complexity index is 1040. The fourth-order valence-corrected chi connectivity index (χ4v) is 3.42. The Kier molecular flexibility index (Phi) is 4.31. The number of nitriles is 1. The summed E-state index contributed by atoms with van der Waals surface area (Å²) in [6.45, 7) is 2.05. The summed E-state index contributed by atoms with van der Waals surface area (Å²) in [7, 11) is 0. The molecule has 5 heteroatoms. The number of anilines is 3. The lowest BCUT2D eigenvalue weighted by molar-refractivity contribution is 0.0976. The van der Waals surface area contributed by atoms with E-state index in [-0.39, 0.29) is 11.9 Å². The molecule has 2 heterocycles. The Morgan fingerprint density at radius 1 is 1.15 bits per heavy atom. The summed E-state index contributed by atoms with van der Waals surface area (Å²) in [6, 6.07) is 20.9. The lowest BCUT2D eigenvalue weighted by Gasteiger charge is -2.22. The standard InChI is InChI=1S/C22H18N4O/c1-15-12-17-4-2-3-5-21(17)26(15)22(27)20-13-19(10-11-24-20)25-18-8-6-16(14-23)7-9-18/h2-11,13,15H,12H2,1H3,(H,24,25). The molecule has 1 aliphatic rings. The van der Waals surface area contributed by atoms with Crippen molar-refractivity contribution in [3.63, 3.8) is 0 Å². The highest BCUT2D eigenvalue weighted by Crippen LogP contribution is 2.33. The van der Waals surface area contributed by atoms with Gasteiger partial charge in [0.1, 0.15) is 5.69 Å². The predicted molar refractivity (Wildman–Crippen MR) is 105 cm³/mol. The number of carbonyl (C=O) groups is 1. The molecule has 1 aliphatic heterocycles. The second kappa shape index (κ2) is 6.93. The second-order valence-corrected chi connectivity index (χ2v) is 6.60. The second-order valence-electron chi connectivity index (χ2n) is 6.60. The lowest BCUT2D eigenvalue weighted by atomic mass is 10.1. The summed E-state index contributed by atoms with van der Waals surface area (Å²) in [5.74, 6) is -0.101. The zero-order chi connectivity index (χ0) is 18.8. The molecule has 1 amide bonds. The molecule has 2 aromatic carbocycles. The van der Waals surface area contributed by atoms with Crippen LogP contribution in [0.5, 0.6) is 0 Å². The number of rotatable bonds is 3. The predicted octanol–water partition coefficient (Wildman–Crippen LogP) is 4.29. The van der Waals surface area contributed by atoms with Gasteiger partial charge in [-0.2, -0.15) is 5.26 Å². The van der Waals surface area contributed by atoms with Gasteiger partial charge in [0.25, 0.3) is 5.91 Å². The van der Waals surface area contributed by atoms with Gasteiger partial charge in [-0.1, -0.05) is 18.2 Å². The Morgan fingerprint density at radius 3 is 2.70 bits per heavy atom. The molecule has 0 spiro atoms.